The molecule has 0 aromatic carbocycles. The van der Waals surface area contributed by atoms with Crippen molar-refractivity contribution in [1.82, 2.24) is 15.5 Å². The minimum absolute atomic E-state index is 0.919. The van der Waals surface area contributed by atoms with Gasteiger partial charge < -0.3 is 5.32 Å². The van der Waals surface area contributed by atoms with Crippen LogP contribution >= 0.6 is 0 Å². The smallest absolute Gasteiger partial charge is 0.0667 e. The number of hydrogen-bond acceptors (Lipinski definition) is 2. The van der Waals surface area contributed by atoms with E-state index in [0.29, 0.717) is 0 Å². The first-order valence-corrected chi connectivity index (χ1v) is 4.53. The highest BCUT2D eigenvalue weighted by Gasteiger charge is 2.08. The second kappa shape index (κ2) is 4.26. The fourth-order valence-electron chi connectivity index (χ4n) is 1.41. The van der Waals surface area contributed by atoms with Gasteiger partial charge >= 0.3 is 0 Å². The van der Waals surface area contributed by atoms with Gasteiger partial charge in [0.15, 0.2) is 0 Å². The standard InChI is InChI=1S/C9H17N3/c1-4-8-7(6-10-3)9(5-2)12-11-8/h10H,4-6H2,1-3H3,(H,11,12). The molecule has 0 aliphatic rings. The van der Waals surface area contributed by atoms with Crippen molar-refractivity contribution in [2.75, 3.05) is 7.05 Å². The van der Waals surface area contributed by atoms with Crippen LogP contribution in [-0.2, 0) is 19.4 Å². The van der Waals surface area contributed by atoms with Crippen LogP contribution in [0.4, 0.5) is 0 Å². The fraction of sp³-hybridized carbons (Fsp3) is 0.667. The molecule has 0 atom stereocenters. The van der Waals surface area contributed by atoms with Gasteiger partial charge in [-0.2, -0.15) is 5.10 Å². The van der Waals surface area contributed by atoms with Crippen molar-refractivity contribution in [1.29, 1.82) is 0 Å². The molecule has 1 aromatic rings. The molecule has 0 radical (unpaired) electrons. The molecule has 0 bridgehead atoms. The van der Waals surface area contributed by atoms with Crippen LogP contribution < -0.4 is 5.32 Å². The predicted octanol–water partition coefficient (Wildman–Crippen LogP) is 1.25. The van der Waals surface area contributed by atoms with Gasteiger partial charge in [0, 0.05) is 17.8 Å². The molecule has 0 spiro atoms. The van der Waals surface area contributed by atoms with E-state index in [1.54, 1.807) is 0 Å². The maximum Gasteiger partial charge on any atom is 0.0667 e. The molecule has 0 saturated heterocycles. The Morgan fingerprint density at radius 3 is 2.58 bits per heavy atom. The average molecular weight is 167 g/mol. The zero-order valence-corrected chi connectivity index (χ0v) is 8.07. The maximum absolute atomic E-state index is 4.26. The lowest BCUT2D eigenvalue weighted by Crippen LogP contribution is -2.08. The van der Waals surface area contributed by atoms with E-state index in [1.165, 1.54) is 17.0 Å². The summed E-state index contributed by atoms with van der Waals surface area (Å²) in [5.74, 6) is 0. The van der Waals surface area contributed by atoms with Crippen LogP contribution in [0, 0.1) is 0 Å². The highest BCUT2D eigenvalue weighted by atomic mass is 15.1. The zero-order chi connectivity index (χ0) is 8.97. The number of nitrogens with zero attached hydrogens (tertiary/aromatic N) is 1. The number of aromatic nitrogens is 2. The van der Waals surface area contributed by atoms with Gasteiger partial charge in [-0.1, -0.05) is 13.8 Å². The monoisotopic (exact) mass is 167 g/mol. The summed E-state index contributed by atoms with van der Waals surface area (Å²) in [5, 5.41) is 10.5. The molecule has 0 fully saturated rings. The number of rotatable bonds is 4. The molecule has 12 heavy (non-hydrogen) atoms. The minimum Gasteiger partial charge on any atom is -0.316 e. The van der Waals surface area contributed by atoms with Crippen molar-refractivity contribution in [2.24, 2.45) is 0 Å². The van der Waals surface area contributed by atoms with E-state index >= 15 is 0 Å². The summed E-state index contributed by atoms with van der Waals surface area (Å²) in [7, 11) is 1.96. The molecule has 3 heteroatoms. The molecule has 1 aromatic heterocycles. The zero-order valence-electron chi connectivity index (χ0n) is 8.07. The Kier molecular flexibility index (Phi) is 3.29. The fourth-order valence-corrected chi connectivity index (χ4v) is 1.41. The molecular weight excluding hydrogens is 150 g/mol. The number of aromatic amines is 1. The van der Waals surface area contributed by atoms with E-state index in [-0.39, 0.29) is 0 Å². The largest absolute Gasteiger partial charge is 0.316 e. The van der Waals surface area contributed by atoms with E-state index in [4.69, 9.17) is 0 Å². The molecule has 1 heterocycles. The van der Waals surface area contributed by atoms with E-state index in [2.05, 4.69) is 29.4 Å². The number of H-pyrrole nitrogens is 1. The molecule has 0 saturated carbocycles. The topological polar surface area (TPSA) is 40.7 Å². The molecule has 0 aliphatic carbocycles. The Bertz CT molecular complexity index is 218. The van der Waals surface area contributed by atoms with Gasteiger partial charge in [0.2, 0.25) is 0 Å². The SMILES string of the molecule is CCc1n[nH]c(CC)c1CNC. The second-order valence-electron chi connectivity index (χ2n) is 2.86. The highest BCUT2D eigenvalue weighted by molar-refractivity contribution is 5.25. The molecule has 2 N–H and O–H groups in total. The third-order valence-electron chi connectivity index (χ3n) is 2.08. The summed E-state index contributed by atoms with van der Waals surface area (Å²) in [5.41, 5.74) is 3.81. The molecule has 3 nitrogen and oxygen atoms in total. The van der Waals surface area contributed by atoms with Crippen molar-refractivity contribution >= 4 is 0 Å². The predicted molar refractivity (Wildman–Crippen MR) is 50.1 cm³/mol. The highest BCUT2D eigenvalue weighted by Crippen LogP contribution is 2.11. The first-order valence-electron chi connectivity index (χ1n) is 4.53. The summed E-state index contributed by atoms with van der Waals surface area (Å²) < 4.78 is 0. The van der Waals surface area contributed by atoms with Crippen molar-refractivity contribution in [3.05, 3.63) is 17.0 Å². The quantitative estimate of drug-likeness (QED) is 0.708. The Labute approximate surface area is 73.6 Å². The molecular formula is C9H17N3. The lowest BCUT2D eigenvalue weighted by atomic mass is 10.1. The van der Waals surface area contributed by atoms with Gasteiger partial charge in [0.1, 0.15) is 0 Å². The summed E-state index contributed by atoms with van der Waals surface area (Å²) in [6, 6.07) is 0. The van der Waals surface area contributed by atoms with Crippen LogP contribution in [0.2, 0.25) is 0 Å². The third kappa shape index (κ3) is 1.67. The van der Waals surface area contributed by atoms with Gasteiger partial charge in [0.25, 0.3) is 0 Å². The number of hydrogen-bond donors (Lipinski definition) is 2. The van der Waals surface area contributed by atoms with Gasteiger partial charge in [-0.05, 0) is 19.9 Å². The average Bonchev–Trinajstić information content (AvgIpc) is 2.48. The van der Waals surface area contributed by atoms with Crippen LogP contribution in [0.25, 0.3) is 0 Å². The Morgan fingerprint density at radius 1 is 1.33 bits per heavy atom. The first-order chi connectivity index (χ1) is 5.83. The summed E-state index contributed by atoms with van der Waals surface area (Å²) >= 11 is 0. The maximum atomic E-state index is 4.26. The van der Waals surface area contributed by atoms with Gasteiger partial charge in [-0.15, -0.1) is 0 Å². The lowest BCUT2D eigenvalue weighted by Gasteiger charge is -2.01. The van der Waals surface area contributed by atoms with E-state index < -0.39 is 0 Å². The van der Waals surface area contributed by atoms with Gasteiger partial charge in [-0.3, -0.25) is 5.10 Å². The van der Waals surface area contributed by atoms with Crippen LogP contribution in [0.15, 0.2) is 0 Å². The van der Waals surface area contributed by atoms with Gasteiger partial charge in [0.05, 0.1) is 5.69 Å². The number of aryl methyl sites for hydroxylation is 2. The molecule has 0 amide bonds. The minimum atomic E-state index is 0.919. The van der Waals surface area contributed by atoms with Crippen molar-refractivity contribution < 1.29 is 0 Å². The van der Waals surface area contributed by atoms with Crippen LogP contribution in [0.5, 0.6) is 0 Å². The van der Waals surface area contributed by atoms with Crippen molar-refractivity contribution in [3.63, 3.8) is 0 Å². The molecule has 68 valence electrons. The number of nitrogens with one attached hydrogen (secondary N) is 2. The van der Waals surface area contributed by atoms with E-state index in [9.17, 15) is 0 Å². The van der Waals surface area contributed by atoms with E-state index in [1.807, 2.05) is 7.05 Å². The van der Waals surface area contributed by atoms with Crippen molar-refractivity contribution in [2.45, 2.75) is 33.2 Å². The van der Waals surface area contributed by atoms with Crippen molar-refractivity contribution in [3.8, 4) is 0 Å². The lowest BCUT2D eigenvalue weighted by molar-refractivity contribution is 0.794. The molecule has 1 rings (SSSR count). The summed E-state index contributed by atoms with van der Waals surface area (Å²) in [6.07, 6.45) is 2.04. The second-order valence-corrected chi connectivity index (χ2v) is 2.86. The first kappa shape index (κ1) is 9.26. The normalized spacial score (nSPS) is 10.6. The Balaban J connectivity index is 2.90. The molecule has 0 unspecified atom stereocenters. The van der Waals surface area contributed by atoms with Crippen LogP contribution in [0.3, 0.4) is 0 Å². The third-order valence-corrected chi connectivity index (χ3v) is 2.08. The van der Waals surface area contributed by atoms with Crippen LogP contribution in [-0.4, -0.2) is 17.2 Å². The summed E-state index contributed by atoms with van der Waals surface area (Å²) in [4.78, 5) is 0. The van der Waals surface area contributed by atoms with Crippen LogP contribution in [0.1, 0.15) is 30.8 Å². The summed E-state index contributed by atoms with van der Waals surface area (Å²) in [6.45, 7) is 5.20. The Morgan fingerprint density at radius 2 is 2.08 bits per heavy atom. The van der Waals surface area contributed by atoms with E-state index in [0.717, 1.165) is 19.4 Å². The van der Waals surface area contributed by atoms with Gasteiger partial charge in [-0.25, -0.2) is 0 Å². The Hall–Kier alpha value is -0.830. The molecule has 0 aliphatic heterocycles.